The van der Waals surface area contributed by atoms with Crippen molar-refractivity contribution in [2.75, 3.05) is 4.72 Å². The van der Waals surface area contributed by atoms with Gasteiger partial charge in [-0.3, -0.25) is 4.72 Å². The molecule has 2 aromatic rings. The summed E-state index contributed by atoms with van der Waals surface area (Å²) >= 11 is 5.59. The molecule has 0 amide bonds. The smallest absolute Gasteiger partial charge is 0.264 e. The first-order valence-corrected chi connectivity index (χ1v) is 8.54. The van der Waals surface area contributed by atoms with Gasteiger partial charge in [-0.1, -0.05) is 12.1 Å². The number of benzene rings is 1. The van der Waals surface area contributed by atoms with Gasteiger partial charge in [-0.15, -0.1) is 0 Å². The van der Waals surface area contributed by atoms with Crippen molar-refractivity contribution in [3.63, 3.8) is 0 Å². The van der Waals surface area contributed by atoms with Gasteiger partial charge in [0.1, 0.15) is 4.90 Å². The highest BCUT2D eigenvalue weighted by molar-refractivity contribution is 7.92. The molecule has 1 heterocycles. The number of fused-ring (bicyclic) bond motifs is 1. The van der Waals surface area contributed by atoms with E-state index in [0.717, 1.165) is 23.1 Å². The monoisotopic (exact) mass is 335 g/mol. The average Bonchev–Trinajstić information content (AvgIpc) is 2.86. The minimum Gasteiger partial charge on any atom is -0.279 e. The minimum atomic E-state index is -3.74. The molecule has 7 heteroatoms. The lowest BCUT2D eigenvalue weighted by molar-refractivity contribution is 0.600. The van der Waals surface area contributed by atoms with Gasteiger partial charge in [-0.25, -0.2) is 18.4 Å². The largest absolute Gasteiger partial charge is 0.279 e. The van der Waals surface area contributed by atoms with Gasteiger partial charge in [0.05, 0.1) is 18.1 Å². The highest BCUT2D eigenvalue weighted by Gasteiger charge is 2.21. The van der Waals surface area contributed by atoms with E-state index in [-0.39, 0.29) is 10.2 Å². The number of hydrogen-bond acceptors (Lipinski definition) is 4. The number of halogens is 1. The van der Waals surface area contributed by atoms with Crippen molar-refractivity contribution >= 4 is 32.9 Å². The lowest BCUT2D eigenvalue weighted by Crippen LogP contribution is -2.15. The van der Waals surface area contributed by atoms with Crippen molar-refractivity contribution in [1.29, 1.82) is 0 Å². The molecule has 0 bridgehead atoms. The summed E-state index contributed by atoms with van der Waals surface area (Å²) in [5, 5.41) is 0.00926. The highest BCUT2D eigenvalue weighted by atomic mass is 35.5. The van der Waals surface area contributed by atoms with E-state index in [9.17, 15) is 8.42 Å². The van der Waals surface area contributed by atoms with Gasteiger partial charge >= 0.3 is 0 Å². The summed E-state index contributed by atoms with van der Waals surface area (Å²) in [4.78, 5) is 7.40. The Morgan fingerprint density at radius 1 is 1.18 bits per heavy atom. The van der Waals surface area contributed by atoms with Crippen molar-refractivity contribution in [3.8, 4) is 0 Å². The van der Waals surface area contributed by atoms with Crippen molar-refractivity contribution < 1.29 is 8.42 Å². The van der Waals surface area contributed by atoms with E-state index < -0.39 is 10.0 Å². The third kappa shape index (κ3) is 2.60. The standard InChI is InChI=1S/C15H14ClN3O2S/c1-9-3-5-12-13(6-4-10(2)14(9)12)19-22(20,21)11-7-17-15(16)18-8-11/h3-4,6-8,19H,5H2,1-2H3. The molecule has 0 radical (unpaired) electrons. The predicted octanol–water partition coefficient (Wildman–Crippen LogP) is 3.20. The lowest BCUT2D eigenvalue weighted by Gasteiger charge is -2.14. The van der Waals surface area contributed by atoms with Crippen LogP contribution in [0.25, 0.3) is 5.57 Å². The zero-order valence-corrected chi connectivity index (χ0v) is 13.7. The first kappa shape index (κ1) is 15.0. The zero-order valence-electron chi connectivity index (χ0n) is 12.1. The molecular weight excluding hydrogens is 322 g/mol. The number of rotatable bonds is 3. The van der Waals surface area contributed by atoms with Crippen LogP contribution in [0.5, 0.6) is 0 Å². The van der Waals surface area contributed by atoms with Crippen molar-refractivity contribution in [1.82, 2.24) is 9.97 Å². The molecule has 3 rings (SSSR count). The van der Waals surface area contributed by atoms with Gasteiger partial charge in [-0.2, -0.15) is 0 Å². The van der Waals surface area contributed by atoms with Gasteiger partial charge in [0, 0.05) is 0 Å². The molecular formula is C15H14ClN3O2S. The summed E-state index contributed by atoms with van der Waals surface area (Å²) in [6.45, 7) is 4.05. The van der Waals surface area contributed by atoms with E-state index in [2.05, 4.69) is 20.8 Å². The average molecular weight is 336 g/mol. The van der Waals surface area contributed by atoms with Crippen LogP contribution in [0, 0.1) is 6.92 Å². The van der Waals surface area contributed by atoms with Crippen molar-refractivity contribution in [3.05, 3.63) is 52.6 Å². The topological polar surface area (TPSA) is 72.0 Å². The quantitative estimate of drug-likeness (QED) is 0.874. The second kappa shape index (κ2) is 5.37. The Balaban J connectivity index is 1.99. The molecule has 0 saturated heterocycles. The Hall–Kier alpha value is -1.92. The third-order valence-corrected chi connectivity index (χ3v) is 5.19. The molecule has 22 heavy (non-hydrogen) atoms. The van der Waals surface area contributed by atoms with E-state index in [1.54, 1.807) is 6.07 Å². The maximum atomic E-state index is 12.4. The predicted molar refractivity (Wildman–Crippen MR) is 86.4 cm³/mol. The molecule has 1 N–H and O–H groups in total. The van der Waals surface area contributed by atoms with E-state index >= 15 is 0 Å². The fourth-order valence-electron chi connectivity index (χ4n) is 2.62. The SMILES string of the molecule is CC1=CCc2c(NS(=O)(=O)c3cnc(Cl)nc3)ccc(C)c21. The maximum absolute atomic E-state index is 12.4. The molecule has 1 aromatic carbocycles. The second-order valence-corrected chi connectivity index (χ2v) is 7.19. The molecule has 0 fully saturated rings. The fraction of sp³-hybridized carbons (Fsp3) is 0.200. The van der Waals surface area contributed by atoms with Crippen LogP contribution in [-0.4, -0.2) is 18.4 Å². The number of allylic oxidation sites excluding steroid dienone is 2. The van der Waals surface area contributed by atoms with Crippen LogP contribution in [-0.2, 0) is 16.4 Å². The highest BCUT2D eigenvalue weighted by Crippen LogP contribution is 2.35. The van der Waals surface area contributed by atoms with E-state index in [1.165, 1.54) is 18.0 Å². The maximum Gasteiger partial charge on any atom is 0.264 e. The summed E-state index contributed by atoms with van der Waals surface area (Å²) in [5.41, 5.74) is 5.01. The minimum absolute atomic E-state index is 0.00926. The summed E-state index contributed by atoms with van der Waals surface area (Å²) < 4.78 is 27.5. The van der Waals surface area contributed by atoms with E-state index in [0.29, 0.717) is 5.69 Å². The Kier molecular flexibility index (Phi) is 3.66. The number of aryl methyl sites for hydroxylation is 1. The number of sulfonamides is 1. The second-order valence-electron chi connectivity index (χ2n) is 5.17. The van der Waals surface area contributed by atoms with Gasteiger partial charge < -0.3 is 0 Å². The molecule has 0 unspecified atom stereocenters. The molecule has 0 aliphatic heterocycles. The number of hydrogen-bond donors (Lipinski definition) is 1. The van der Waals surface area contributed by atoms with Gasteiger partial charge in [0.25, 0.3) is 10.0 Å². The molecule has 1 aliphatic rings. The first-order valence-electron chi connectivity index (χ1n) is 6.68. The summed E-state index contributed by atoms with van der Waals surface area (Å²) in [6, 6.07) is 3.70. The van der Waals surface area contributed by atoms with Gasteiger partial charge in [-0.05, 0) is 60.2 Å². The molecule has 5 nitrogen and oxygen atoms in total. The molecule has 1 aliphatic carbocycles. The first-order chi connectivity index (χ1) is 10.4. The van der Waals surface area contributed by atoms with Crippen LogP contribution in [0.1, 0.15) is 23.6 Å². The van der Waals surface area contributed by atoms with Crippen molar-refractivity contribution in [2.24, 2.45) is 0 Å². The normalized spacial score (nSPS) is 13.7. The zero-order chi connectivity index (χ0) is 15.9. The van der Waals surface area contributed by atoms with Gasteiger partial charge in [0.2, 0.25) is 5.28 Å². The summed E-state index contributed by atoms with van der Waals surface area (Å²) in [7, 11) is -3.74. The Labute approximate surface area is 134 Å². The van der Waals surface area contributed by atoms with Gasteiger partial charge in [0.15, 0.2) is 0 Å². The van der Waals surface area contributed by atoms with E-state index in [4.69, 9.17) is 11.6 Å². The van der Waals surface area contributed by atoms with Crippen LogP contribution < -0.4 is 4.72 Å². The Morgan fingerprint density at radius 2 is 1.86 bits per heavy atom. The van der Waals surface area contributed by atoms with E-state index in [1.807, 2.05) is 19.9 Å². The fourth-order valence-corrected chi connectivity index (χ4v) is 3.70. The molecule has 114 valence electrons. The van der Waals surface area contributed by atoms with Crippen LogP contribution in [0.3, 0.4) is 0 Å². The van der Waals surface area contributed by atoms with Crippen LogP contribution in [0.4, 0.5) is 5.69 Å². The number of nitrogens with one attached hydrogen (secondary N) is 1. The van der Waals surface area contributed by atoms with Crippen LogP contribution >= 0.6 is 11.6 Å². The molecule has 0 spiro atoms. The Morgan fingerprint density at radius 3 is 2.55 bits per heavy atom. The Bertz CT molecular complexity index is 874. The van der Waals surface area contributed by atoms with Crippen molar-refractivity contribution in [2.45, 2.75) is 25.2 Å². The third-order valence-electron chi connectivity index (χ3n) is 3.68. The summed E-state index contributed by atoms with van der Waals surface area (Å²) in [5.74, 6) is 0. The van der Waals surface area contributed by atoms with Crippen LogP contribution in [0.15, 0.2) is 35.5 Å². The lowest BCUT2D eigenvalue weighted by atomic mass is 9.99. The number of aromatic nitrogens is 2. The molecule has 0 atom stereocenters. The molecule has 0 saturated carbocycles. The summed E-state index contributed by atoms with van der Waals surface area (Å²) in [6.07, 6.45) is 5.20. The number of anilines is 1. The number of nitrogens with zero attached hydrogens (tertiary/aromatic N) is 2. The van der Waals surface area contributed by atoms with Crippen LogP contribution in [0.2, 0.25) is 5.28 Å². The molecule has 1 aromatic heterocycles.